The zero-order valence-electron chi connectivity index (χ0n) is 7.63. The molecule has 0 bridgehead atoms. The number of aliphatic hydroxyl groups is 1. The maximum absolute atomic E-state index is 13.3. The molecular formula is C9H7BrClFO3. The van der Waals surface area contributed by atoms with Crippen molar-refractivity contribution in [3.8, 4) is 0 Å². The summed E-state index contributed by atoms with van der Waals surface area (Å²) in [5.41, 5.74) is -0.0239. The Bertz CT molecular complexity index is 397. The second kappa shape index (κ2) is 4.92. The number of benzene rings is 1. The van der Waals surface area contributed by atoms with Gasteiger partial charge in [-0.05, 0) is 22.0 Å². The second-order valence-corrected chi connectivity index (χ2v) is 3.92. The lowest BCUT2D eigenvalue weighted by Crippen LogP contribution is -2.14. The Morgan fingerprint density at radius 3 is 2.80 bits per heavy atom. The van der Waals surface area contributed by atoms with Crippen LogP contribution in [-0.2, 0) is 9.53 Å². The Morgan fingerprint density at radius 2 is 2.27 bits per heavy atom. The molecule has 0 radical (unpaired) electrons. The molecule has 0 saturated heterocycles. The number of esters is 1. The Balaban J connectivity index is 3.16. The topological polar surface area (TPSA) is 46.5 Å². The Morgan fingerprint density at radius 1 is 1.67 bits per heavy atom. The largest absolute Gasteiger partial charge is 0.467 e. The van der Waals surface area contributed by atoms with E-state index in [4.69, 9.17) is 11.6 Å². The molecule has 6 heteroatoms. The zero-order chi connectivity index (χ0) is 11.6. The van der Waals surface area contributed by atoms with Crippen molar-refractivity contribution >= 4 is 33.5 Å². The summed E-state index contributed by atoms with van der Waals surface area (Å²) in [4.78, 5) is 11.0. The quantitative estimate of drug-likeness (QED) is 0.674. The van der Waals surface area contributed by atoms with Gasteiger partial charge in [-0.15, -0.1) is 0 Å². The number of hydrogen-bond acceptors (Lipinski definition) is 3. The van der Waals surface area contributed by atoms with E-state index in [1.165, 1.54) is 12.1 Å². The molecule has 1 aromatic rings. The number of ether oxygens (including phenoxy) is 1. The molecule has 0 saturated carbocycles. The van der Waals surface area contributed by atoms with E-state index in [0.29, 0.717) is 0 Å². The van der Waals surface area contributed by atoms with Crippen molar-refractivity contribution in [3.05, 3.63) is 33.0 Å². The number of halogens is 3. The third kappa shape index (κ3) is 2.48. The van der Waals surface area contributed by atoms with Crippen molar-refractivity contribution in [1.29, 1.82) is 0 Å². The molecule has 0 spiro atoms. The summed E-state index contributed by atoms with van der Waals surface area (Å²) < 4.78 is 17.7. The number of carbonyl (C=O) groups is 1. The summed E-state index contributed by atoms with van der Waals surface area (Å²) in [5.74, 6) is -1.62. The molecule has 1 atom stereocenters. The summed E-state index contributed by atoms with van der Waals surface area (Å²) >= 11 is 8.55. The van der Waals surface area contributed by atoms with E-state index >= 15 is 0 Å². The number of hydrogen-bond donors (Lipinski definition) is 1. The molecular weight excluding hydrogens is 290 g/mol. The monoisotopic (exact) mass is 296 g/mol. The van der Waals surface area contributed by atoms with E-state index in [2.05, 4.69) is 20.7 Å². The van der Waals surface area contributed by atoms with Gasteiger partial charge in [0.25, 0.3) is 0 Å². The van der Waals surface area contributed by atoms with Crippen molar-refractivity contribution in [2.24, 2.45) is 0 Å². The molecule has 1 aromatic carbocycles. The lowest BCUT2D eigenvalue weighted by molar-refractivity contribution is -0.150. The van der Waals surface area contributed by atoms with Crippen LogP contribution in [0.15, 0.2) is 16.6 Å². The Hall–Kier alpha value is -0.650. The summed E-state index contributed by atoms with van der Waals surface area (Å²) in [6, 6.07) is 2.69. The molecule has 0 aliphatic carbocycles. The Labute approximate surface area is 98.9 Å². The van der Waals surface area contributed by atoms with E-state index in [1.807, 2.05) is 0 Å². The van der Waals surface area contributed by atoms with Crippen molar-refractivity contribution in [2.75, 3.05) is 7.11 Å². The Kier molecular flexibility index (Phi) is 4.07. The normalized spacial score (nSPS) is 12.3. The highest BCUT2D eigenvalue weighted by atomic mass is 79.9. The first-order valence-corrected chi connectivity index (χ1v) is 5.05. The van der Waals surface area contributed by atoms with E-state index in [9.17, 15) is 14.3 Å². The molecule has 3 nitrogen and oxygen atoms in total. The molecule has 1 unspecified atom stereocenters. The highest BCUT2D eigenvalue weighted by Gasteiger charge is 2.23. The highest BCUT2D eigenvalue weighted by molar-refractivity contribution is 9.10. The van der Waals surface area contributed by atoms with Crippen LogP contribution < -0.4 is 0 Å². The minimum atomic E-state index is -1.58. The van der Waals surface area contributed by atoms with Gasteiger partial charge in [0.2, 0.25) is 0 Å². The van der Waals surface area contributed by atoms with Crippen molar-refractivity contribution in [1.82, 2.24) is 0 Å². The van der Waals surface area contributed by atoms with Gasteiger partial charge < -0.3 is 9.84 Å². The average Bonchev–Trinajstić information content (AvgIpc) is 2.24. The first-order valence-electron chi connectivity index (χ1n) is 3.88. The minimum Gasteiger partial charge on any atom is -0.467 e. The number of carbonyl (C=O) groups excluding carboxylic acids is 1. The SMILES string of the molecule is COC(=O)C(O)c1ccc(Br)c(F)c1Cl. The molecule has 0 aliphatic heterocycles. The van der Waals surface area contributed by atoms with Gasteiger partial charge in [-0.1, -0.05) is 17.7 Å². The van der Waals surface area contributed by atoms with Gasteiger partial charge in [0.1, 0.15) is 0 Å². The number of aliphatic hydroxyl groups excluding tert-OH is 1. The van der Waals surface area contributed by atoms with Crippen molar-refractivity contribution < 1.29 is 19.0 Å². The highest BCUT2D eigenvalue weighted by Crippen LogP contribution is 2.30. The molecule has 0 aromatic heterocycles. The second-order valence-electron chi connectivity index (χ2n) is 2.69. The summed E-state index contributed by atoms with van der Waals surface area (Å²) in [6.45, 7) is 0. The van der Waals surface area contributed by atoms with Gasteiger partial charge in [0.15, 0.2) is 11.9 Å². The smallest absolute Gasteiger partial charge is 0.339 e. The lowest BCUT2D eigenvalue weighted by Gasteiger charge is -2.11. The molecule has 0 heterocycles. The molecule has 1 N–H and O–H groups in total. The van der Waals surface area contributed by atoms with Gasteiger partial charge in [-0.25, -0.2) is 9.18 Å². The van der Waals surface area contributed by atoms with Crippen LogP contribution in [0.2, 0.25) is 5.02 Å². The molecule has 0 amide bonds. The van der Waals surface area contributed by atoms with Gasteiger partial charge in [-0.2, -0.15) is 0 Å². The van der Waals surface area contributed by atoms with Gasteiger partial charge in [-0.3, -0.25) is 0 Å². The summed E-state index contributed by atoms with van der Waals surface area (Å²) in [6.07, 6.45) is -1.58. The van der Waals surface area contributed by atoms with E-state index < -0.39 is 17.9 Å². The van der Waals surface area contributed by atoms with Crippen molar-refractivity contribution in [3.63, 3.8) is 0 Å². The van der Waals surface area contributed by atoms with Gasteiger partial charge >= 0.3 is 5.97 Å². The third-order valence-corrected chi connectivity index (χ3v) is 2.78. The molecule has 82 valence electrons. The fourth-order valence-corrected chi connectivity index (χ4v) is 1.70. The predicted molar refractivity (Wildman–Crippen MR) is 56.1 cm³/mol. The number of rotatable bonds is 2. The summed E-state index contributed by atoms with van der Waals surface area (Å²) in [5, 5.41) is 9.14. The lowest BCUT2D eigenvalue weighted by atomic mass is 10.1. The van der Waals surface area contributed by atoms with E-state index in [0.717, 1.165) is 7.11 Å². The standard InChI is InChI=1S/C9H7BrClFO3/c1-15-9(14)8(13)4-2-3-5(10)7(12)6(4)11/h2-3,8,13H,1H3. The van der Waals surface area contributed by atoms with Gasteiger partial charge in [0.05, 0.1) is 16.6 Å². The maximum atomic E-state index is 13.3. The van der Waals surface area contributed by atoms with E-state index in [1.54, 1.807) is 0 Å². The molecule has 15 heavy (non-hydrogen) atoms. The van der Waals surface area contributed by atoms with E-state index in [-0.39, 0.29) is 15.1 Å². The van der Waals surface area contributed by atoms with Crippen LogP contribution in [0, 0.1) is 5.82 Å². The van der Waals surface area contributed by atoms with Crippen LogP contribution in [0.5, 0.6) is 0 Å². The van der Waals surface area contributed by atoms with Crippen LogP contribution in [0.1, 0.15) is 11.7 Å². The van der Waals surface area contributed by atoms with Crippen LogP contribution in [0.3, 0.4) is 0 Å². The minimum absolute atomic E-state index is 0.0239. The fourth-order valence-electron chi connectivity index (χ4n) is 0.991. The first kappa shape index (κ1) is 12.4. The average molecular weight is 298 g/mol. The molecule has 1 rings (SSSR count). The number of methoxy groups -OCH3 is 1. The fraction of sp³-hybridized carbons (Fsp3) is 0.222. The van der Waals surface area contributed by atoms with Crippen LogP contribution in [0.4, 0.5) is 4.39 Å². The molecule has 0 fully saturated rings. The van der Waals surface area contributed by atoms with Crippen LogP contribution in [0.25, 0.3) is 0 Å². The third-order valence-electron chi connectivity index (χ3n) is 1.78. The maximum Gasteiger partial charge on any atom is 0.339 e. The van der Waals surface area contributed by atoms with Crippen LogP contribution in [-0.4, -0.2) is 18.2 Å². The predicted octanol–water partition coefficient (Wildman–Crippen LogP) is 2.45. The van der Waals surface area contributed by atoms with Gasteiger partial charge in [0, 0.05) is 5.56 Å². The van der Waals surface area contributed by atoms with Crippen LogP contribution >= 0.6 is 27.5 Å². The van der Waals surface area contributed by atoms with Crippen molar-refractivity contribution in [2.45, 2.75) is 6.10 Å². The first-order chi connectivity index (χ1) is 6.99. The zero-order valence-corrected chi connectivity index (χ0v) is 9.97. The molecule has 0 aliphatic rings. The summed E-state index contributed by atoms with van der Waals surface area (Å²) in [7, 11) is 1.12.